The summed E-state index contributed by atoms with van der Waals surface area (Å²) < 4.78 is 24.7. The molecule has 1 aliphatic heterocycles. The van der Waals surface area contributed by atoms with Gasteiger partial charge in [-0.05, 0) is 72.5 Å². The van der Waals surface area contributed by atoms with Gasteiger partial charge in [0, 0.05) is 0 Å². The quantitative estimate of drug-likeness (QED) is 0.355. The molecule has 7 nitrogen and oxygen atoms in total. The van der Waals surface area contributed by atoms with Crippen molar-refractivity contribution < 1.29 is 28.2 Å². The number of anilines is 1. The molecule has 0 unspecified atom stereocenters. The Morgan fingerprint density at radius 3 is 2.22 bits per heavy atom. The minimum absolute atomic E-state index is 0.184. The molecule has 0 saturated carbocycles. The molecule has 1 saturated heterocycles. The number of barbiturate groups is 1. The van der Waals surface area contributed by atoms with E-state index in [1.165, 1.54) is 18.2 Å². The van der Waals surface area contributed by atoms with Crippen molar-refractivity contribution in [1.82, 2.24) is 5.32 Å². The van der Waals surface area contributed by atoms with Crippen molar-refractivity contribution in [2.75, 3.05) is 11.5 Å². The summed E-state index contributed by atoms with van der Waals surface area (Å²) in [5.41, 5.74) is 2.54. The second-order valence-corrected chi connectivity index (χ2v) is 8.03. The van der Waals surface area contributed by atoms with Gasteiger partial charge in [0.15, 0.2) is 11.5 Å². The monoisotopic (exact) mass is 488 g/mol. The van der Waals surface area contributed by atoms with Crippen LogP contribution in [0.5, 0.6) is 11.5 Å². The van der Waals surface area contributed by atoms with E-state index in [1.54, 1.807) is 42.5 Å². The number of aryl methyl sites for hydroxylation is 1. The van der Waals surface area contributed by atoms with Crippen LogP contribution in [0.15, 0.2) is 72.3 Å². The summed E-state index contributed by atoms with van der Waals surface area (Å²) in [6.07, 6.45) is 2.22. The van der Waals surface area contributed by atoms with E-state index >= 15 is 0 Å². The van der Waals surface area contributed by atoms with Crippen LogP contribution in [0.2, 0.25) is 0 Å². The molecular formula is C28H25FN2O5. The van der Waals surface area contributed by atoms with Crippen LogP contribution < -0.4 is 19.7 Å². The normalized spacial score (nSPS) is 14.7. The van der Waals surface area contributed by atoms with Crippen LogP contribution >= 0.6 is 0 Å². The summed E-state index contributed by atoms with van der Waals surface area (Å²) in [5.74, 6) is -0.953. The molecule has 0 aliphatic carbocycles. The average molecular weight is 489 g/mol. The SMILES string of the molecule is CCOc1cc(/C=C2/C(=O)NC(=O)N(c3ccc(CC)cc3)C2=O)ccc1OCc1ccc(F)cc1. The van der Waals surface area contributed by atoms with Gasteiger partial charge in [0.05, 0.1) is 12.3 Å². The third-order valence-corrected chi connectivity index (χ3v) is 5.59. The maximum atomic E-state index is 13.2. The molecule has 3 aromatic carbocycles. The molecule has 4 amide bonds. The van der Waals surface area contributed by atoms with E-state index in [0.717, 1.165) is 22.4 Å². The number of carbonyl (C=O) groups is 3. The Bertz CT molecular complexity index is 1320. The Balaban J connectivity index is 1.59. The van der Waals surface area contributed by atoms with Gasteiger partial charge in [0.1, 0.15) is 18.0 Å². The van der Waals surface area contributed by atoms with Gasteiger partial charge in [0.25, 0.3) is 11.8 Å². The number of carbonyl (C=O) groups excluding carboxylic acids is 3. The molecule has 1 heterocycles. The number of imide groups is 2. The van der Waals surface area contributed by atoms with Gasteiger partial charge in [-0.3, -0.25) is 14.9 Å². The number of benzene rings is 3. The van der Waals surface area contributed by atoms with E-state index < -0.39 is 17.8 Å². The second kappa shape index (κ2) is 10.9. The van der Waals surface area contributed by atoms with Gasteiger partial charge < -0.3 is 9.47 Å². The lowest BCUT2D eigenvalue weighted by atomic mass is 10.1. The van der Waals surface area contributed by atoms with E-state index in [4.69, 9.17) is 9.47 Å². The minimum atomic E-state index is -0.800. The van der Waals surface area contributed by atoms with Crippen molar-refractivity contribution >= 4 is 29.6 Å². The molecule has 0 spiro atoms. The molecular weight excluding hydrogens is 463 g/mol. The predicted octanol–water partition coefficient (Wildman–Crippen LogP) is 5.03. The second-order valence-electron chi connectivity index (χ2n) is 8.03. The molecule has 0 aromatic heterocycles. The Hall–Kier alpha value is -4.46. The lowest BCUT2D eigenvalue weighted by Crippen LogP contribution is -2.54. The summed E-state index contributed by atoms with van der Waals surface area (Å²) >= 11 is 0. The number of urea groups is 1. The first-order valence-electron chi connectivity index (χ1n) is 11.5. The molecule has 4 rings (SSSR count). The first-order chi connectivity index (χ1) is 17.4. The number of hydrogen-bond donors (Lipinski definition) is 1. The number of rotatable bonds is 8. The fourth-order valence-electron chi connectivity index (χ4n) is 3.68. The molecule has 0 bridgehead atoms. The maximum absolute atomic E-state index is 13.2. The topological polar surface area (TPSA) is 84.9 Å². The Labute approximate surface area is 208 Å². The molecule has 1 aliphatic rings. The molecule has 8 heteroatoms. The van der Waals surface area contributed by atoms with Gasteiger partial charge in [0.2, 0.25) is 0 Å². The van der Waals surface area contributed by atoms with Gasteiger partial charge >= 0.3 is 6.03 Å². The number of ether oxygens (including phenoxy) is 2. The van der Waals surface area contributed by atoms with Crippen LogP contribution in [0, 0.1) is 5.82 Å². The molecule has 0 atom stereocenters. The summed E-state index contributed by atoms with van der Waals surface area (Å²) in [6.45, 7) is 4.39. The fourth-order valence-corrected chi connectivity index (χ4v) is 3.68. The van der Waals surface area contributed by atoms with Gasteiger partial charge in [-0.1, -0.05) is 37.3 Å². The lowest BCUT2D eigenvalue weighted by molar-refractivity contribution is -0.122. The third-order valence-electron chi connectivity index (χ3n) is 5.59. The van der Waals surface area contributed by atoms with E-state index in [1.807, 2.05) is 26.0 Å². The van der Waals surface area contributed by atoms with E-state index in [-0.39, 0.29) is 18.0 Å². The first kappa shape index (κ1) is 24.7. The maximum Gasteiger partial charge on any atom is 0.335 e. The number of amides is 4. The highest BCUT2D eigenvalue weighted by Gasteiger charge is 2.36. The lowest BCUT2D eigenvalue weighted by Gasteiger charge is -2.26. The Morgan fingerprint density at radius 2 is 1.56 bits per heavy atom. The zero-order valence-corrected chi connectivity index (χ0v) is 19.9. The summed E-state index contributed by atoms with van der Waals surface area (Å²) in [5, 5.41) is 2.23. The van der Waals surface area contributed by atoms with E-state index in [9.17, 15) is 18.8 Å². The minimum Gasteiger partial charge on any atom is -0.490 e. The Morgan fingerprint density at radius 1 is 0.861 bits per heavy atom. The zero-order valence-electron chi connectivity index (χ0n) is 19.9. The number of hydrogen-bond acceptors (Lipinski definition) is 5. The largest absolute Gasteiger partial charge is 0.490 e. The number of nitrogens with one attached hydrogen (secondary N) is 1. The van der Waals surface area contributed by atoms with Gasteiger partial charge in [-0.15, -0.1) is 0 Å². The first-order valence-corrected chi connectivity index (χ1v) is 11.5. The third kappa shape index (κ3) is 5.43. The summed E-state index contributed by atoms with van der Waals surface area (Å²) in [4.78, 5) is 39.1. The average Bonchev–Trinajstić information content (AvgIpc) is 2.87. The molecule has 184 valence electrons. The molecule has 1 fully saturated rings. The van der Waals surface area contributed by atoms with Crippen LogP contribution in [-0.2, 0) is 22.6 Å². The predicted molar refractivity (Wildman–Crippen MR) is 133 cm³/mol. The van der Waals surface area contributed by atoms with Crippen LogP contribution in [0.25, 0.3) is 6.08 Å². The molecule has 3 aromatic rings. The van der Waals surface area contributed by atoms with Crippen molar-refractivity contribution in [3.8, 4) is 11.5 Å². The molecule has 0 radical (unpaired) electrons. The smallest absolute Gasteiger partial charge is 0.335 e. The van der Waals surface area contributed by atoms with Crippen molar-refractivity contribution in [2.24, 2.45) is 0 Å². The summed E-state index contributed by atoms with van der Waals surface area (Å²) in [6, 6.07) is 17.2. The van der Waals surface area contributed by atoms with Crippen LogP contribution in [-0.4, -0.2) is 24.5 Å². The molecule has 1 N–H and O–H groups in total. The fraction of sp³-hybridized carbons (Fsp3) is 0.179. The van der Waals surface area contributed by atoms with Crippen LogP contribution in [0.1, 0.15) is 30.5 Å². The van der Waals surface area contributed by atoms with Crippen molar-refractivity contribution in [3.63, 3.8) is 0 Å². The highest BCUT2D eigenvalue weighted by molar-refractivity contribution is 6.39. The van der Waals surface area contributed by atoms with Gasteiger partial charge in [-0.2, -0.15) is 0 Å². The number of nitrogens with zero attached hydrogens (tertiary/aromatic N) is 1. The zero-order chi connectivity index (χ0) is 25.7. The van der Waals surface area contributed by atoms with Crippen LogP contribution in [0.3, 0.4) is 0 Å². The highest BCUT2D eigenvalue weighted by atomic mass is 19.1. The van der Waals surface area contributed by atoms with Crippen molar-refractivity contribution in [1.29, 1.82) is 0 Å². The van der Waals surface area contributed by atoms with Crippen LogP contribution in [0.4, 0.5) is 14.9 Å². The summed E-state index contributed by atoms with van der Waals surface area (Å²) in [7, 11) is 0. The van der Waals surface area contributed by atoms with Crippen molar-refractivity contribution in [2.45, 2.75) is 26.9 Å². The standard InChI is InChI=1S/C28H25FN2O5/c1-3-18-7-12-22(13-8-18)31-27(33)23(26(32)30-28(31)34)15-20-9-14-24(25(16-20)35-4-2)36-17-19-5-10-21(29)11-6-19/h5-16H,3-4,17H2,1-2H3,(H,30,32,34)/b23-15-. The van der Waals surface area contributed by atoms with Gasteiger partial charge in [-0.25, -0.2) is 14.1 Å². The number of halogens is 1. The van der Waals surface area contributed by atoms with E-state index in [2.05, 4.69) is 5.32 Å². The van der Waals surface area contributed by atoms with E-state index in [0.29, 0.717) is 29.4 Å². The highest BCUT2D eigenvalue weighted by Crippen LogP contribution is 2.31. The Kier molecular flexibility index (Phi) is 7.44. The van der Waals surface area contributed by atoms with Crippen molar-refractivity contribution in [3.05, 3.63) is 94.8 Å². The molecule has 36 heavy (non-hydrogen) atoms.